The zero-order valence-electron chi connectivity index (χ0n) is 4.11. The Morgan fingerprint density at radius 1 is 1.75 bits per heavy atom. The summed E-state index contributed by atoms with van der Waals surface area (Å²) >= 11 is 1.47. The first-order valence-corrected chi connectivity index (χ1v) is 3.11. The van der Waals surface area contributed by atoms with Gasteiger partial charge in [-0.1, -0.05) is 0 Å². The van der Waals surface area contributed by atoms with E-state index in [1.807, 2.05) is 5.41 Å². The van der Waals surface area contributed by atoms with Gasteiger partial charge in [0.1, 0.15) is 5.25 Å². The number of nitrogens with zero attached hydrogens (tertiary/aromatic N) is 2. The summed E-state index contributed by atoms with van der Waals surface area (Å²) in [7, 11) is 0. The van der Waals surface area contributed by atoms with Crippen molar-refractivity contribution in [3.8, 4) is 6.07 Å². The van der Waals surface area contributed by atoms with Crippen molar-refractivity contribution >= 4 is 18.0 Å². The zero-order chi connectivity index (χ0) is 5.82. The van der Waals surface area contributed by atoms with Gasteiger partial charge in [-0.25, -0.2) is 0 Å². The monoisotopic (exact) mass is 124 g/mol. The van der Waals surface area contributed by atoms with E-state index in [9.17, 15) is 0 Å². The average Bonchev–Trinajstić information content (AvgIpc) is 1.90. The molecule has 0 amide bonds. The molecule has 2 nitrogen and oxygen atoms in total. The maximum atomic E-state index is 8.30. The molecule has 3 heteroatoms. The predicted molar refractivity (Wildman–Crippen MR) is 34.6 cm³/mol. The summed E-state index contributed by atoms with van der Waals surface area (Å²) in [5.41, 5.74) is 0. The molecule has 1 aliphatic rings. The molecule has 1 heterocycles. The molecule has 0 fully saturated rings. The molecule has 0 aliphatic carbocycles. The Balaban J connectivity index is 2.55. The van der Waals surface area contributed by atoms with Gasteiger partial charge in [-0.2, -0.15) is 5.26 Å². The Labute approximate surface area is 51.9 Å². The smallest absolute Gasteiger partial charge is 0.131 e. The highest BCUT2D eigenvalue weighted by Crippen LogP contribution is 2.12. The van der Waals surface area contributed by atoms with Gasteiger partial charge in [0.25, 0.3) is 0 Å². The second-order valence-corrected chi connectivity index (χ2v) is 2.32. The van der Waals surface area contributed by atoms with Gasteiger partial charge in [-0.3, -0.25) is 4.99 Å². The highest BCUT2D eigenvalue weighted by Gasteiger charge is 2.01. The molecule has 0 saturated carbocycles. The van der Waals surface area contributed by atoms with Crippen molar-refractivity contribution in [1.82, 2.24) is 0 Å². The van der Waals surface area contributed by atoms with Crippen molar-refractivity contribution in [2.24, 2.45) is 4.99 Å². The lowest BCUT2D eigenvalue weighted by atomic mass is 10.5. The summed E-state index contributed by atoms with van der Waals surface area (Å²) in [4.78, 5) is 3.78. The van der Waals surface area contributed by atoms with Gasteiger partial charge in [0.05, 0.1) is 6.07 Å². The Kier molecular flexibility index (Phi) is 1.70. The summed E-state index contributed by atoms with van der Waals surface area (Å²) in [6.45, 7) is 0. The first-order valence-electron chi connectivity index (χ1n) is 2.17. The van der Waals surface area contributed by atoms with Crippen LogP contribution in [0.2, 0.25) is 0 Å². The van der Waals surface area contributed by atoms with Gasteiger partial charge in [0.2, 0.25) is 0 Å². The molecule has 0 N–H and O–H groups in total. The molecule has 1 aliphatic heterocycles. The fraction of sp³-hybridized carbons (Fsp3) is 0.200. The molecule has 0 spiro atoms. The molecular weight excluding hydrogens is 120 g/mol. The van der Waals surface area contributed by atoms with Crippen molar-refractivity contribution in [1.29, 1.82) is 5.26 Å². The molecule has 0 radical (unpaired) electrons. The van der Waals surface area contributed by atoms with Gasteiger partial charge in [-0.15, -0.1) is 11.8 Å². The van der Waals surface area contributed by atoms with Crippen LogP contribution in [0, 0.1) is 11.3 Å². The van der Waals surface area contributed by atoms with E-state index in [2.05, 4.69) is 11.1 Å². The third kappa shape index (κ3) is 1.11. The summed E-state index contributed by atoms with van der Waals surface area (Å²) < 4.78 is 0. The summed E-state index contributed by atoms with van der Waals surface area (Å²) in [5.74, 6) is 0. The van der Waals surface area contributed by atoms with E-state index in [0.717, 1.165) is 0 Å². The van der Waals surface area contributed by atoms with Crippen LogP contribution in [0.25, 0.3) is 0 Å². The topological polar surface area (TPSA) is 36.1 Å². The SMILES string of the molecule is N#CC1C=NC=CS1. The Hall–Kier alpha value is -0.750. The van der Waals surface area contributed by atoms with Crippen molar-refractivity contribution in [2.75, 3.05) is 0 Å². The maximum absolute atomic E-state index is 8.30. The van der Waals surface area contributed by atoms with Gasteiger partial charge >= 0.3 is 0 Å². The van der Waals surface area contributed by atoms with Crippen LogP contribution in [0.1, 0.15) is 0 Å². The van der Waals surface area contributed by atoms with Crippen LogP contribution in [0.5, 0.6) is 0 Å². The Bertz CT molecular complexity index is 166. The molecule has 0 aromatic carbocycles. The van der Waals surface area contributed by atoms with Crippen LogP contribution < -0.4 is 0 Å². The number of aliphatic imine (C=N–C) groups is 1. The average molecular weight is 124 g/mol. The first-order chi connectivity index (χ1) is 3.93. The van der Waals surface area contributed by atoms with Crippen LogP contribution in [0.4, 0.5) is 0 Å². The van der Waals surface area contributed by atoms with E-state index < -0.39 is 0 Å². The Morgan fingerprint density at radius 2 is 2.62 bits per heavy atom. The largest absolute Gasteiger partial charge is 0.266 e. The summed E-state index contributed by atoms with van der Waals surface area (Å²) in [6.07, 6.45) is 3.31. The third-order valence-corrected chi connectivity index (χ3v) is 1.52. The standard InChI is InChI=1S/C5H4N2S/c6-3-5-4-7-1-2-8-5/h1-2,4-5H. The van der Waals surface area contributed by atoms with Crippen LogP contribution in [-0.2, 0) is 0 Å². The number of thioether (sulfide) groups is 1. The number of rotatable bonds is 0. The molecule has 0 aromatic rings. The van der Waals surface area contributed by atoms with Crippen LogP contribution in [-0.4, -0.2) is 11.5 Å². The summed E-state index contributed by atoms with van der Waals surface area (Å²) in [5, 5.41) is 10.0. The van der Waals surface area contributed by atoms with Gasteiger partial charge < -0.3 is 0 Å². The number of nitriles is 1. The van der Waals surface area contributed by atoms with Crippen LogP contribution in [0.15, 0.2) is 16.6 Å². The molecular formula is C5H4N2S. The summed E-state index contributed by atoms with van der Waals surface area (Å²) in [6, 6.07) is 2.07. The molecule has 1 atom stereocenters. The quantitative estimate of drug-likeness (QED) is 0.486. The maximum Gasteiger partial charge on any atom is 0.131 e. The molecule has 0 saturated heterocycles. The minimum Gasteiger partial charge on any atom is -0.266 e. The highest BCUT2D eigenvalue weighted by molar-refractivity contribution is 8.03. The Morgan fingerprint density at radius 3 is 3.00 bits per heavy atom. The molecule has 1 rings (SSSR count). The minimum absolute atomic E-state index is 0.0694. The molecule has 8 heavy (non-hydrogen) atoms. The third-order valence-electron chi connectivity index (χ3n) is 0.721. The normalized spacial score (nSPS) is 25.1. The fourth-order valence-electron chi connectivity index (χ4n) is 0.382. The first kappa shape index (κ1) is 5.39. The van der Waals surface area contributed by atoms with Crippen molar-refractivity contribution < 1.29 is 0 Å². The van der Waals surface area contributed by atoms with Crippen LogP contribution >= 0.6 is 11.8 Å². The lowest BCUT2D eigenvalue weighted by molar-refractivity contribution is 1.41. The van der Waals surface area contributed by atoms with E-state index in [1.165, 1.54) is 11.8 Å². The molecule has 40 valence electrons. The lowest BCUT2D eigenvalue weighted by Gasteiger charge is -1.98. The second kappa shape index (κ2) is 2.53. The lowest BCUT2D eigenvalue weighted by Crippen LogP contribution is -1.99. The van der Waals surface area contributed by atoms with E-state index in [-0.39, 0.29) is 5.25 Å². The zero-order valence-corrected chi connectivity index (χ0v) is 4.93. The molecule has 0 aromatic heterocycles. The fourth-order valence-corrected chi connectivity index (χ4v) is 0.893. The van der Waals surface area contributed by atoms with E-state index in [1.54, 1.807) is 12.4 Å². The van der Waals surface area contributed by atoms with Gasteiger partial charge in [-0.05, 0) is 5.41 Å². The van der Waals surface area contributed by atoms with Crippen molar-refractivity contribution in [3.63, 3.8) is 0 Å². The predicted octanol–water partition coefficient (Wildman–Crippen LogP) is 1.17. The van der Waals surface area contributed by atoms with E-state index in [4.69, 9.17) is 5.26 Å². The van der Waals surface area contributed by atoms with Crippen molar-refractivity contribution in [3.05, 3.63) is 11.6 Å². The molecule has 0 bridgehead atoms. The van der Waals surface area contributed by atoms with Crippen LogP contribution in [0.3, 0.4) is 0 Å². The molecule has 1 unspecified atom stereocenters. The second-order valence-electron chi connectivity index (χ2n) is 1.27. The van der Waals surface area contributed by atoms with Gasteiger partial charge in [0, 0.05) is 12.4 Å². The highest BCUT2D eigenvalue weighted by atomic mass is 32.2. The number of hydrogen-bond acceptors (Lipinski definition) is 3. The minimum atomic E-state index is -0.0694. The van der Waals surface area contributed by atoms with E-state index >= 15 is 0 Å². The van der Waals surface area contributed by atoms with Gasteiger partial charge in [0.15, 0.2) is 0 Å². The van der Waals surface area contributed by atoms with Crippen molar-refractivity contribution in [2.45, 2.75) is 5.25 Å². The number of hydrogen-bond donors (Lipinski definition) is 0. The van der Waals surface area contributed by atoms with E-state index in [0.29, 0.717) is 0 Å².